The average molecular weight is 438 g/mol. The van der Waals surface area contributed by atoms with Crippen molar-refractivity contribution >= 4 is 6.09 Å². The van der Waals surface area contributed by atoms with Crippen LogP contribution < -0.4 is 14.8 Å². The second kappa shape index (κ2) is 9.47. The molecule has 0 bridgehead atoms. The van der Waals surface area contributed by atoms with E-state index in [0.717, 1.165) is 23.4 Å². The highest BCUT2D eigenvalue weighted by molar-refractivity contribution is 5.66. The summed E-state index contributed by atoms with van der Waals surface area (Å²) in [5.41, 5.74) is 0.255. The molecule has 31 heavy (non-hydrogen) atoms. The van der Waals surface area contributed by atoms with E-state index in [2.05, 4.69) is 5.32 Å². The van der Waals surface area contributed by atoms with Crippen molar-refractivity contribution in [3.05, 3.63) is 59.7 Å². The first kappa shape index (κ1) is 22.7. The summed E-state index contributed by atoms with van der Waals surface area (Å²) in [5, 5.41) is 13.0. The van der Waals surface area contributed by atoms with Gasteiger partial charge in [-0.15, -0.1) is 0 Å². The number of nitrogens with zero attached hydrogens (tertiary/aromatic N) is 1. The van der Waals surface area contributed by atoms with Crippen molar-refractivity contribution in [1.29, 1.82) is 0 Å². The maximum atomic E-state index is 12.7. The van der Waals surface area contributed by atoms with Crippen LogP contribution in [0.5, 0.6) is 11.5 Å². The van der Waals surface area contributed by atoms with E-state index in [4.69, 9.17) is 9.47 Å². The van der Waals surface area contributed by atoms with Gasteiger partial charge in [0.1, 0.15) is 18.1 Å². The molecular formula is C22H25F3N2O4. The highest BCUT2D eigenvalue weighted by Crippen LogP contribution is 2.31. The number of nitrogens with one attached hydrogen (secondary N) is 1. The van der Waals surface area contributed by atoms with E-state index >= 15 is 0 Å². The van der Waals surface area contributed by atoms with Crippen molar-refractivity contribution in [1.82, 2.24) is 10.2 Å². The predicted molar refractivity (Wildman–Crippen MR) is 108 cm³/mol. The minimum absolute atomic E-state index is 0.0300. The van der Waals surface area contributed by atoms with Gasteiger partial charge in [0.2, 0.25) is 0 Å². The Morgan fingerprint density at radius 2 is 1.74 bits per heavy atom. The number of hydrogen-bond donors (Lipinski definition) is 2. The minimum Gasteiger partial charge on any atom is -0.497 e. The molecule has 1 amide bonds. The van der Waals surface area contributed by atoms with Gasteiger partial charge in [-0.3, -0.25) is 4.90 Å². The van der Waals surface area contributed by atoms with Crippen LogP contribution in [0.2, 0.25) is 0 Å². The summed E-state index contributed by atoms with van der Waals surface area (Å²) in [4.78, 5) is 13.1. The fourth-order valence-corrected chi connectivity index (χ4v) is 3.82. The van der Waals surface area contributed by atoms with Crippen LogP contribution in [0.3, 0.4) is 0 Å². The van der Waals surface area contributed by atoms with Crippen molar-refractivity contribution < 1.29 is 32.5 Å². The maximum Gasteiger partial charge on any atom is 0.416 e. The topological polar surface area (TPSA) is 71.0 Å². The molecule has 1 aliphatic heterocycles. The van der Waals surface area contributed by atoms with Gasteiger partial charge in [-0.25, -0.2) is 4.79 Å². The van der Waals surface area contributed by atoms with Crippen LogP contribution in [-0.4, -0.2) is 47.9 Å². The van der Waals surface area contributed by atoms with Crippen LogP contribution >= 0.6 is 0 Å². The van der Waals surface area contributed by atoms with Gasteiger partial charge in [-0.05, 0) is 55.3 Å². The Morgan fingerprint density at radius 1 is 1.13 bits per heavy atom. The zero-order valence-corrected chi connectivity index (χ0v) is 17.2. The quantitative estimate of drug-likeness (QED) is 0.671. The Labute approximate surface area is 178 Å². The van der Waals surface area contributed by atoms with E-state index in [1.165, 1.54) is 17.0 Å². The van der Waals surface area contributed by atoms with Gasteiger partial charge in [-0.2, -0.15) is 13.2 Å². The van der Waals surface area contributed by atoms with Crippen LogP contribution in [-0.2, 0) is 12.7 Å². The first-order chi connectivity index (χ1) is 14.7. The molecule has 3 rings (SSSR count). The number of halogens is 3. The van der Waals surface area contributed by atoms with E-state index in [-0.39, 0.29) is 24.4 Å². The van der Waals surface area contributed by atoms with Gasteiger partial charge in [-0.1, -0.05) is 12.1 Å². The normalized spacial score (nSPS) is 21.2. The smallest absolute Gasteiger partial charge is 0.416 e. The number of benzene rings is 2. The summed E-state index contributed by atoms with van der Waals surface area (Å²) in [7, 11) is 1.59. The molecule has 0 radical (unpaired) electrons. The molecule has 1 heterocycles. The van der Waals surface area contributed by atoms with Gasteiger partial charge < -0.3 is 19.9 Å². The largest absolute Gasteiger partial charge is 0.497 e. The summed E-state index contributed by atoms with van der Waals surface area (Å²) in [5.74, 6) is 1.00. The molecule has 0 spiro atoms. The standard InChI is InChI=1S/C22H25F3N2O4/c1-14-11-19(26-12-15-3-7-17(30-2)8-4-15)20(27(14)21(28)29)13-31-18-9-5-16(6-10-18)22(23,24)25/h3-10,14,19-20,26H,11-13H2,1-2H3,(H,28,29)/t14-,19+,20+/m1/s1. The van der Waals surface area contributed by atoms with E-state index in [0.29, 0.717) is 13.0 Å². The third-order valence-corrected chi connectivity index (χ3v) is 5.44. The molecule has 9 heteroatoms. The Hall–Kier alpha value is -2.94. The Morgan fingerprint density at radius 3 is 2.29 bits per heavy atom. The molecule has 1 fully saturated rings. The molecule has 0 saturated carbocycles. The van der Waals surface area contributed by atoms with Crippen molar-refractivity contribution in [2.24, 2.45) is 0 Å². The van der Waals surface area contributed by atoms with Crippen molar-refractivity contribution in [3.63, 3.8) is 0 Å². The third-order valence-electron chi connectivity index (χ3n) is 5.44. The number of hydrogen-bond acceptors (Lipinski definition) is 4. The van der Waals surface area contributed by atoms with Gasteiger partial charge in [0, 0.05) is 18.6 Å². The first-order valence-corrected chi connectivity index (χ1v) is 9.86. The third kappa shape index (κ3) is 5.61. The second-order valence-electron chi connectivity index (χ2n) is 7.51. The number of amides is 1. The number of carbonyl (C=O) groups is 1. The molecular weight excluding hydrogens is 413 g/mol. The zero-order valence-electron chi connectivity index (χ0n) is 17.2. The van der Waals surface area contributed by atoms with E-state index < -0.39 is 23.9 Å². The number of carboxylic acid groups (broad SMARTS) is 1. The van der Waals surface area contributed by atoms with Crippen molar-refractivity contribution in [3.8, 4) is 11.5 Å². The Bertz CT molecular complexity index is 872. The van der Waals surface area contributed by atoms with Crippen LogP contribution in [0.4, 0.5) is 18.0 Å². The van der Waals surface area contributed by atoms with Gasteiger partial charge in [0.05, 0.1) is 18.7 Å². The van der Waals surface area contributed by atoms with Gasteiger partial charge >= 0.3 is 12.3 Å². The van der Waals surface area contributed by atoms with Crippen molar-refractivity contribution in [2.75, 3.05) is 13.7 Å². The molecule has 0 aliphatic carbocycles. The summed E-state index contributed by atoms with van der Waals surface area (Å²) >= 11 is 0. The molecule has 2 aromatic rings. The fraction of sp³-hybridized carbons (Fsp3) is 0.409. The molecule has 6 nitrogen and oxygen atoms in total. The summed E-state index contributed by atoms with van der Waals surface area (Å²) in [6.07, 6.45) is -4.87. The SMILES string of the molecule is COc1ccc(CN[C@H]2C[C@@H](C)N(C(=O)O)[C@H]2COc2ccc(C(F)(F)F)cc2)cc1. The lowest BCUT2D eigenvalue weighted by Gasteiger charge is -2.28. The molecule has 0 unspecified atom stereocenters. The lowest BCUT2D eigenvalue weighted by molar-refractivity contribution is -0.137. The fourth-order valence-electron chi connectivity index (χ4n) is 3.82. The zero-order chi connectivity index (χ0) is 22.6. The molecule has 1 saturated heterocycles. The molecule has 1 aliphatic rings. The van der Waals surface area contributed by atoms with Crippen LogP contribution in [0.15, 0.2) is 48.5 Å². The highest BCUT2D eigenvalue weighted by atomic mass is 19.4. The molecule has 2 aromatic carbocycles. The lowest BCUT2D eigenvalue weighted by atomic mass is 10.1. The Balaban J connectivity index is 1.66. The summed E-state index contributed by atoms with van der Waals surface area (Å²) in [6.45, 7) is 2.39. The predicted octanol–water partition coefficient (Wildman–Crippen LogP) is 4.39. The van der Waals surface area contributed by atoms with Crippen LogP contribution in [0.1, 0.15) is 24.5 Å². The van der Waals surface area contributed by atoms with Crippen LogP contribution in [0, 0.1) is 0 Å². The van der Waals surface area contributed by atoms with Gasteiger partial charge in [0.25, 0.3) is 0 Å². The lowest BCUT2D eigenvalue weighted by Crippen LogP contribution is -2.48. The maximum absolute atomic E-state index is 12.7. The first-order valence-electron chi connectivity index (χ1n) is 9.86. The highest BCUT2D eigenvalue weighted by Gasteiger charge is 2.42. The average Bonchev–Trinajstić information content (AvgIpc) is 3.06. The minimum atomic E-state index is -4.42. The van der Waals surface area contributed by atoms with E-state index in [1.807, 2.05) is 31.2 Å². The van der Waals surface area contributed by atoms with E-state index in [1.54, 1.807) is 7.11 Å². The molecule has 0 aromatic heterocycles. The number of rotatable bonds is 7. The number of alkyl halides is 3. The Kier molecular flexibility index (Phi) is 6.94. The second-order valence-corrected chi connectivity index (χ2v) is 7.51. The number of methoxy groups -OCH3 is 1. The molecule has 168 valence electrons. The molecule has 2 N–H and O–H groups in total. The summed E-state index contributed by atoms with van der Waals surface area (Å²) in [6, 6.07) is 11.1. The van der Waals surface area contributed by atoms with Crippen LogP contribution in [0.25, 0.3) is 0 Å². The van der Waals surface area contributed by atoms with E-state index in [9.17, 15) is 23.1 Å². The van der Waals surface area contributed by atoms with Crippen molar-refractivity contribution in [2.45, 2.75) is 44.2 Å². The summed E-state index contributed by atoms with van der Waals surface area (Å²) < 4.78 is 49.0. The number of likely N-dealkylation sites (tertiary alicyclic amines) is 1. The number of ether oxygens (including phenoxy) is 2. The monoisotopic (exact) mass is 438 g/mol. The molecule has 3 atom stereocenters. The van der Waals surface area contributed by atoms with Gasteiger partial charge in [0.15, 0.2) is 0 Å².